The summed E-state index contributed by atoms with van der Waals surface area (Å²) in [6.45, 7) is 1.93. The van der Waals surface area contributed by atoms with E-state index in [9.17, 15) is 4.79 Å². The van der Waals surface area contributed by atoms with Crippen molar-refractivity contribution >= 4 is 5.78 Å². The number of likely N-dealkylation sites (tertiary alicyclic amines) is 1. The lowest BCUT2D eigenvalue weighted by atomic mass is 9.82. The number of hydrogen-bond acceptors (Lipinski definition) is 2. The maximum absolute atomic E-state index is 11.7. The number of benzene rings is 1. The van der Waals surface area contributed by atoms with E-state index in [1.807, 2.05) is 0 Å². The molecule has 0 aromatic heterocycles. The molecule has 2 saturated carbocycles. The molecule has 2 aliphatic carbocycles. The summed E-state index contributed by atoms with van der Waals surface area (Å²) in [6.07, 6.45) is 9.83. The van der Waals surface area contributed by atoms with Crippen molar-refractivity contribution in [3.8, 4) is 0 Å². The Balaban J connectivity index is 1.68. The second-order valence-electron chi connectivity index (χ2n) is 7.64. The molecule has 2 unspecified atom stereocenters. The van der Waals surface area contributed by atoms with Crippen molar-refractivity contribution in [2.75, 3.05) is 13.1 Å². The molecule has 0 amide bonds. The standard InChI is InChI=1S/C20H27NO/c22-19-10-12-21(13-11-19)20(18-8-2-1-3-9-18)14-16-6-4-5-7-17(16)15-20/h1-3,8-9,16-17H,4-7,10-15H2. The van der Waals surface area contributed by atoms with E-state index in [1.54, 1.807) is 0 Å². The number of hydrogen-bond donors (Lipinski definition) is 0. The molecule has 1 aromatic carbocycles. The number of rotatable bonds is 2. The quantitative estimate of drug-likeness (QED) is 0.817. The highest BCUT2D eigenvalue weighted by atomic mass is 16.1. The summed E-state index contributed by atoms with van der Waals surface area (Å²) in [4.78, 5) is 14.4. The topological polar surface area (TPSA) is 20.3 Å². The molecule has 1 heterocycles. The Labute approximate surface area is 133 Å². The summed E-state index contributed by atoms with van der Waals surface area (Å²) >= 11 is 0. The van der Waals surface area contributed by atoms with Crippen LogP contribution in [-0.2, 0) is 10.3 Å². The summed E-state index contributed by atoms with van der Waals surface area (Å²) < 4.78 is 0. The van der Waals surface area contributed by atoms with E-state index in [0.29, 0.717) is 5.78 Å². The second kappa shape index (κ2) is 5.81. The zero-order chi connectivity index (χ0) is 15.0. The Morgan fingerprint density at radius 2 is 1.50 bits per heavy atom. The predicted molar refractivity (Wildman–Crippen MR) is 88.6 cm³/mol. The van der Waals surface area contributed by atoms with E-state index in [-0.39, 0.29) is 5.54 Å². The molecule has 0 radical (unpaired) electrons. The molecule has 0 N–H and O–H groups in total. The first-order chi connectivity index (χ1) is 10.8. The third-order valence-electron chi connectivity index (χ3n) is 6.50. The number of ketones is 1. The van der Waals surface area contributed by atoms with E-state index in [4.69, 9.17) is 0 Å². The van der Waals surface area contributed by atoms with E-state index >= 15 is 0 Å². The van der Waals surface area contributed by atoms with Crippen LogP contribution in [0.2, 0.25) is 0 Å². The van der Waals surface area contributed by atoms with Gasteiger partial charge in [0, 0.05) is 31.5 Å². The van der Waals surface area contributed by atoms with Crippen molar-refractivity contribution in [3.63, 3.8) is 0 Å². The molecule has 118 valence electrons. The fourth-order valence-corrected chi connectivity index (χ4v) is 5.38. The van der Waals surface area contributed by atoms with Crippen LogP contribution < -0.4 is 0 Å². The molecule has 4 rings (SSSR count). The van der Waals surface area contributed by atoms with Gasteiger partial charge in [-0.1, -0.05) is 56.0 Å². The summed E-state index contributed by atoms with van der Waals surface area (Å²) in [5, 5.41) is 0. The smallest absolute Gasteiger partial charge is 0.135 e. The molecule has 22 heavy (non-hydrogen) atoms. The third-order valence-corrected chi connectivity index (χ3v) is 6.50. The highest BCUT2D eigenvalue weighted by Gasteiger charge is 2.50. The molecule has 2 heteroatoms. The zero-order valence-electron chi connectivity index (χ0n) is 13.5. The lowest BCUT2D eigenvalue weighted by Gasteiger charge is -2.44. The lowest BCUT2D eigenvalue weighted by Crippen LogP contribution is -2.48. The summed E-state index contributed by atoms with van der Waals surface area (Å²) in [7, 11) is 0. The number of piperidine rings is 1. The molecule has 1 aromatic rings. The minimum absolute atomic E-state index is 0.210. The first kappa shape index (κ1) is 14.4. The molecule has 3 aliphatic rings. The van der Waals surface area contributed by atoms with Gasteiger partial charge in [-0.15, -0.1) is 0 Å². The first-order valence-corrected chi connectivity index (χ1v) is 9.10. The van der Waals surface area contributed by atoms with Crippen LogP contribution in [-0.4, -0.2) is 23.8 Å². The Morgan fingerprint density at radius 1 is 0.909 bits per heavy atom. The van der Waals surface area contributed by atoms with Crippen LogP contribution in [0.3, 0.4) is 0 Å². The average molecular weight is 297 g/mol. The van der Waals surface area contributed by atoms with Crippen molar-refractivity contribution < 1.29 is 4.79 Å². The lowest BCUT2D eigenvalue weighted by molar-refractivity contribution is -0.123. The molecule has 2 atom stereocenters. The van der Waals surface area contributed by atoms with E-state index in [1.165, 1.54) is 44.1 Å². The van der Waals surface area contributed by atoms with Gasteiger partial charge >= 0.3 is 0 Å². The predicted octanol–water partition coefficient (Wildman–Crippen LogP) is 4.15. The third kappa shape index (κ3) is 2.42. The van der Waals surface area contributed by atoms with Crippen LogP contribution in [0.5, 0.6) is 0 Å². The number of carbonyl (C=O) groups is 1. The van der Waals surface area contributed by atoms with Crippen molar-refractivity contribution in [1.29, 1.82) is 0 Å². The van der Waals surface area contributed by atoms with Gasteiger partial charge in [-0.2, -0.15) is 0 Å². The normalized spacial score (nSPS) is 36.3. The van der Waals surface area contributed by atoms with Crippen molar-refractivity contribution in [3.05, 3.63) is 35.9 Å². The molecular weight excluding hydrogens is 270 g/mol. The first-order valence-electron chi connectivity index (χ1n) is 9.10. The highest BCUT2D eigenvalue weighted by Crippen LogP contribution is 2.54. The molecular formula is C20H27NO. The Hall–Kier alpha value is -1.15. The van der Waals surface area contributed by atoms with Gasteiger partial charge in [-0.3, -0.25) is 9.69 Å². The van der Waals surface area contributed by atoms with Gasteiger partial charge in [0.25, 0.3) is 0 Å². The monoisotopic (exact) mass is 297 g/mol. The van der Waals surface area contributed by atoms with E-state index < -0.39 is 0 Å². The van der Waals surface area contributed by atoms with Gasteiger partial charge in [0.1, 0.15) is 5.78 Å². The van der Waals surface area contributed by atoms with Gasteiger partial charge in [-0.05, 0) is 30.2 Å². The van der Waals surface area contributed by atoms with Gasteiger partial charge in [0.05, 0.1) is 0 Å². The summed E-state index contributed by atoms with van der Waals surface area (Å²) in [5.74, 6) is 2.27. The summed E-state index contributed by atoms with van der Waals surface area (Å²) in [6, 6.07) is 11.2. The molecule has 2 nitrogen and oxygen atoms in total. The van der Waals surface area contributed by atoms with Crippen LogP contribution in [0, 0.1) is 11.8 Å². The fourth-order valence-electron chi connectivity index (χ4n) is 5.38. The second-order valence-corrected chi connectivity index (χ2v) is 7.64. The van der Waals surface area contributed by atoms with Gasteiger partial charge in [0.2, 0.25) is 0 Å². The number of nitrogens with zero attached hydrogens (tertiary/aromatic N) is 1. The largest absolute Gasteiger partial charge is 0.300 e. The molecule has 1 saturated heterocycles. The number of fused-ring (bicyclic) bond motifs is 1. The van der Waals surface area contributed by atoms with Gasteiger partial charge in [0.15, 0.2) is 0 Å². The van der Waals surface area contributed by atoms with Crippen LogP contribution in [0.25, 0.3) is 0 Å². The summed E-state index contributed by atoms with van der Waals surface area (Å²) in [5.41, 5.74) is 1.71. The van der Waals surface area contributed by atoms with Crippen LogP contribution in [0.15, 0.2) is 30.3 Å². The number of carbonyl (C=O) groups excluding carboxylic acids is 1. The zero-order valence-corrected chi connectivity index (χ0v) is 13.5. The highest BCUT2D eigenvalue weighted by molar-refractivity contribution is 5.79. The molecule has 1 aliphatic heterocycles. The van der Waals surface area contributed by atoms with Crippen molar-refractivity contribution in [2.24, 2.45) is 11.8 Å². The van der Waals surface area contributed by atoms with Crippen LogP contribution in [0.4, 0.5) is 0 Å². The number of Topliss-reactive ketones (excluding diaryl/α,β-unsaturated/α-hetero) is 1. The Bertz CT molecular complexity index is 514. The van der Waals surface area contributed by atoms with Crippen molar-refractivity contribution in [2.45, 2.75) is 56.9 Å². The SMILES string of the molecule is O=C1CCN(C2(c3ccccc3)CC3CCCCC3C2)CC1. The van der Waals surface area contributed by atoms with Crippen LogP contribution >= 0.6 is 0 Å². The molecule has 3 fully saturated rings. The minimum atomic E-state index is 0.210. The van der Waals surface area contributed by atoms with E-state index in [0.717, 1.165) is 37.8 Å². The van der Waals surface area contributed by atoms with Crippen LogP contribution in [0.1, 0.15) is 56.9 Å². The molecule has 0 bridgehead atoms. The van der Waals surface area contributed by atoms with E-state index in [2.05, 4.69) is 35.2 Å². The Morgan fingerprint density at radius 3 is 2.09 bits per heavy atom. The minimum Gasteiger partial charge on any atom is -0.300 e. The van der Waals surface area contributed by atoms with Gasteiger partial charge in [-0.25, -0.2) is 0 Å². The Kier molecular flexibility index (Phi) is 3.81. The maximum Gasteiger partial charge on any atom is 0.135 e. The molecule has 0 spiro atoms. The fraction of sp³-hybridized carbons (Fsp3) is 0.650. The average Bonchev–Trinajstić information content (AvgIpc) is 2.97. The maximum atomic E-state index is 11.7. The van der Waals surface area contributed by atoms with Gasteiger partial charge < -0.3 is 0 Å². The van der Waals surface area contributed by atoms with Crippen molar-refractivity contribution in [1.82, 2.24) is 4.90 Å².